The second kappa shape index (κ2) is 13.6. The molecule has 0 bridgehead atoms. The molecule has 3 nitrogen and oxygen atoms in total. The second-order valence-electron chi connectivity index (χ2n) is 13.2. The third kappa shape index (κ3) is 7.66. The number of aliphatic hydroxyl groups excluding tert-OH is 1. The molecule has 4 rings (SSSR count). The number of fused-ring (bicyclic) bond motifs is 5. The zero-order valence-corrected chi connectivity index (χ0v) is 25.1. The number of aromatic hydroxyl groups is 1. The molecule has 2 saturated carbocycles. The lowest BCUT2D eigenvalue weighted by Crippen LogP contribution is -2.47. The summed E-state index contributed by atoms with van der Waals surface area (Å²) in [6, 6.07) is 5.92. The van der Waals surface area contributed by atoms with E-state index in [1.807, 2.05) is 12.1 Å². The Balaban J connectivity index is 1.15. The monoisotopic (exact) mass is 606 g/mol. The molecule has 1 aromatic carbocycles. The van der Waals surface area contributed by atoms with E-state index < -0.39 is 35.7 Å². The Hall–Kier alpha value is -1.22. The van der Waals surface area contributed by atoms with E-state index in [1.54, 1.807) is 0 Å². The second-order valence-corrected chi connectivity index (χ2v) is 14.9. The Morgan fingerprint density at radius 1 is 0.927 bits per heavy atom. The molecule has 2 N–H and O–H groups in total. The number of alkyl halides is 5. The van der Waals surface area contributed by atoms with Crippen molar-refractivity contribution in [2.45, 2.75) is 127 Å². The van der Waals surface area contributed by atoms with Gasteiger partial charge in [-0.1, -0.05) is 51.5 Å². The summed E-state index contributed by atoms with van der Waals surface area (Å²) >= 11 is 0. The van der Waals surface area contributed by atoms with Gasteiger partial charge >= 0.3 is 12.1 Å². The van der Waals surface area contributed by atoms with E-state index >= 15 is 0 Å². The van der Waals surface area contributed by atoms with Crippen LogP contribution >= 0.6 is 0 Å². The molecule has 0 spiro atoms. The zero-order chi connectivity index (χ0) is 29.8. The molecular formula is C32H47F5O3S. The molecule has 1 unspecified atom stereocenters. The molecule has 1 aromatic rings. The van der Waals surface area contributed by atoms with Crippen LogP contribution < -0.4 is 0 Å². The summed E-state index contributed by atoms with van der Waals surface area (Å²) in [4.78, 5) is 0. The Morgan fingerprint density at radius 2 is 1.59 bits per heavy atom. The van der Waals surface area contributed by atoms with Crippen molar-refractivity contribution in [2.24, 2.45) is 23.2 Å². The first-order chi connectivity index (χ1) is 19.3. The first-order valence-electron chi connectivity index (χ1n) is 15.6. The highest BCUT2D eigenvalue weighted by Gasteiger charge is 2.57. The highest BCUT2D eigenvalue weighted by molar-refractivity contribution is 7.84. The van der Waals surface area contributed by atoms with Gasteiger partial charge in [-0.3, -0.25) is 4.21 Å². The van der Waals surface area contributed by atoms with Gasteiger partial charge < -0.3 is 10.2 Å². The molecule has 9 heteroatoms. The van der Waals surface area contributed by atoms with Crippen molar-refractivity contribution in [3.8, 4) is 5.75 Å². The van der Waals surface area contributed by atoms with Crippen LogP contribution in [0.5, 0.6) is 5.75 Å². The van der Waals surface area contributed by atoms with Crippen LogP contribution in [-0.2, 0) is 17.2 Å². The normalized spacial score (nSPS) is 30.5. The fraction of sp³-hybridized carbons (Fsp3) is 0.812. The van der Waals surface area contributed by atoms with Crippen molar-refractivity contribution in [3.63, 3.8) is 0 Å². The maximum absolute atomic E-state index is 13.0. The van der Waals surface area contributed by atoms with Crippen molar-refractivity contribution in [3.05, 3.63) is 29.3 Å². The molecule has 7 atom stereocenters. The van der Waals surface area contributed by atoms with E-state index in [4.69, 9.17) is 0 Å². The Morgan fingerprint density at radius 3 is 2.29 bits per heavy atom. The minimum absolute atomic E-state index is 0.0195. The van der Waals surface area contributed by atoms with E-state index in [-0.39, 0.29) is 17.3 Å². The van der Waals surface area contributed by atoms with Gasteiger partial charge in [-0.2, -0.15) is 22.0 Å². The lowest BCUT2D eigenvalue weighted by molar-refractivity contribution is -0.284. The topological polar surface area (TPSA) is 57.5 Å². The summed E-state index contributed by atoms with van der Waals surface area (Å²) in [6.07, 6.45) is 5.97. The Kier molecular flexibility index (Phi) is 10.8. The smallest absolute Gasteiger partial charge is 0.453 e. The molecule has 3 aliphatic rings. The molecule has 234 valence electrons. The highest BCUT2D eigenvalue weighted by Crippen LogP contribution is 2.62. The van der Waals surface area contributed by atoms with Crippen LogP contribution in [0.1, 0.15) is 114 Å². The average Bonchev–Trinajstić information content (AvgIpc) is 3.20. The molecule has 0 aromatic heterocycles. The SMILES string of the molecule is C[C@@]12CC[C@@H]3c4ccc(O)cc4C[C@@H](CCCCCCCCC[S@](=O)CCCC(F)(F)C(F)(F)F)[C@@H]3[C@@H]1CCC2O. The van der Waals surface area contributed by atoms with Gasteiger partial charge in [-0.05, 0) is 104 Å². The molecule has 2 fully saturated rings. The fourth-order valence-corrected chi connectivity index (χ4v) is 9.48. The first-order valence-corrected chi connectivity index (χ1v) is 17.1. The van der Waals surface area contributed by atoms with Crippen molar-refractivity contribution < 1.29 is 36.4 Å². The van der Waals surface area contributed by atoms with Crippen LogP contribution in [0.4, 0.5) is 22.0 Å². The van der Waals surface area contributed by atoms with Gasteiger partial charge in [0, 0.05) is 28.7 Å². The van der Waals surface area contributed by atoms with Gasteiger partial charge in [0.1, 0.15) is 5.75 Å². The van der Waals surface area contributed by atoms with Crippen LogP contribution in [0, 0.1) is 23.2 Å². The van der Waals surface area contributed by atoms with Crippen molar-refractivity contribution >= 4 is 10.8 Å². The number of halogens is 5. The van der Waals surface area contributed by atoms with Crippen molar-refractivity contribution in [1.82, 2.24) is 0 Å². The average molecular weight is 607 g/mol. The van der Waals surface area contributed by atoms with E-state index in [1.165, 1.54) is 11.1 Å². The number of aliphatic hydroxyl groups is 1. The number of rotatable bonds is 14. The van der Waals surface area contributed by atoms with Crippen LogP contribution in [0.2, 0.25) is 0 Å². The predicted octanol–water partition coefficient (Wildman–Crippen LogP) is 8.68. The molecule has 3 aliphatic carbocycles. The van der Waals surface area contributed by atoms with E-state index in [0.717, 1.165) is 77.0 Å². The Bertz CT molecular complexity index is 1030. The quantitative estimate of drug-likeness (QED) is 0.165. The third-order valence-corrected chi connectivity index (χ3v) is 12.0. The molecule has 0 heterocycles. The Labute approximate surface area is 244 Å². The van der Waals surface area contributed by atoms with Crippen molar-refractivity contribution in [2.75, 3.05) is 11.5 Å². The van der Waals surface area contributed by atoms with Gasteiger partial charge in [-0.25, -0.2) is 0 Å². The number of phenolic OH excluding ortho intramolecular Hbond substituents is 1. The molecule has 0 radical (unpaired) electrons. The zero-order valence-electron chi connectivity index (χ0n) is 24.2. The number of phenols is 1. The lowest BCUT2D eigenvalue weighted by Gasteiger charge is -2.53. The number of hydrogen-bond acceptors (Lipinski definition) is 3. The largest absolute Gasteiger partial charge is 0.508 e. The minimum Gasteiger partial charge on any atom is -0.508 e. The molecule has 41 heavy (non-hydrogen) atoms. The minimum atomic E-state index is -5.54. The van der Waals surface area contributed by atoms with Gasteiger partial charge in [0.2, 0.25) is 0 Å². The standard InChI is InChI=1S/C32H47F5O3S/c1-30-17-15-26-25-12-11-24(38)21-23(25)20-22(29(26)27(30)13-14-28(30)39)10-7-5-3-2-4-6-8-18-41(40)19-9-16-31(33,34)32(35,36)37/h11-12,21-22,26-29,38-39H,2-10,13-20H2,1H3/t22-,26-,27+,28?,29+,30-,41+/m1/s1. The molecule has 0 saturated heterocycles. The molecule has 0 amide bonds. The van der Waals surface area contributed by atoms with Gasteiger partial charge in [-0.15, -0.1) is 0 Å². The van der Waals surface area contributed by atoms with Gasteiger partial charge in [0.05, 0.1) is 6.10 Å². The lowest BCUT2D eigenvalue weighted by atomic mass is 9.52. The first kappa shape index (κ1) is 32.7. The summed E-state index contributed by atoms with van der Waals surface area (Å²) < 4.78 is 74.5. The van der Waals surface area contributed by atoms with E-state index in [2.05, 4.69) is 13.0 Å². The van der Waals surface area contributed by atoms with E-state index in [0.29, 0.717) is 41.6 Å². The van der Waals surface area contributed by atoms with Crippen molar-refractivity contribution in [1.29, 1.82) is 0 Å². The molecular weight excluding hydrogens is 559 g/mol. The van der Waals surface area contributed by atoms with Gasteiger partial charge in [0.15, 0.2) is 0 Å². The van der Waals surface area contributed by atoms with Gasteiger partial charge in [0.25, 0.3) is 0 Å². The van der Waals surface area contributed by atoms with Crippen LogP contribution in [0.15, 0.2) is 18.2 Å². The fourth-order valence-electron chi connectivity index (χ4n) is 8.28. The van der Waals surface area contributed by atoms with Crippen LogP contribution in [0.25, 0.3) is 0 Å². The highest BCUT2D eigenvalue weighted by atomic mass is 32.2. The number of unbranched alkanes of at least 4 members (excludes halogenated alkanes) is 6. The number of hydrogen-bond donors (Lipinski definition) is 2. The summed E-state index contributed by atoms with van der Waals surface area (Å²) in [5.74, 6) is -1.91. The maximum atomic E-state index is 13.0. The summed E-state index contributed by atoms with van der Waals surface area (Å²) in [5, 5.41) is 21.0. The van der Waals surface area contributed by atoms with Crippen LogP contribution in [-0.4, -0.2) is 44.1 Å². The summed E-state index contributed by atoms with van der Waals surface area (Å²) in [7, 11) is -1.35. The molecule has 0 aliphatic heterocycles. The summed E-state index contributed by atoms with van der Waals surface area (Å²) in [6.45, 7) is 2.30. The predicted molar refractivity (Wildman–Crippen MR) is 153 cm³/mol. The van der Waals surface area contributed by atoms with Crippen LogP contribution in [0.3, 0.4) is 0 Å². The third-order valence-electron chi connectivity index (χ3n) is 10.6. The summed E-state index contributed by atoms with van der Waals surface area (Å²) in [5.41, 5.74) is 2.73. The maximum Gasteiger partial charge on any atom is 0.453 e. The van der Waals surface area contributed by atoms with E-state index in [9.17, 15) is 36.4 Å². The number of benzene rings is 1.